The summed E-state index contributed by atoms with van der Waals surface area (Å²) in [7, 11) is 1.37. The predicted molar refractivity (Wildman–Crippen MR) is 62.7 cm³/mol. The molecule has 2 N–H and O–H groups in total. The molecule has 96 valence electrons. The fourth-order valence-electron chi connectivity index (χ4n) is 1.78. The highest BCUT2D eigenvalue weighted by Gasteiger charge is 2.27. The maximum Gasteiger partial charge on any atom is 0.246 e. The lowest BCUT2D eigenvalue weighted by Crippen LogP contribution is -2.37. The maximum absolute atomic E-state index is 13.4. The Morgan fingerprint density at radius 3 is 2.89 bits per heavy atom. The lowest BCUT2D eigenvalue weighted by atomic mass is 10.2. The van der Waals surface area contributed by atoms with E-state index in [2.05, 4.69) is 10.6 Å². The molecule has 0 bridgehead atoms. The summed E-state index contributed by atoms with van der Waals surface area (Å²) in [6, 6.07) is 3.60. The Balaban J connectivity index is 2.03. The third-order valence-electron chi connectivity index (χ3n) is 2.73. The smallest absolute Gasteiger partial charge is 0.246 e. The Morgan fingerprint density at radius 1 is 1.56 bits per heavy atom. The van der Waals surface area contributed by atoms with Gasteiger partial charge in [0.1, 0.15) is 6.04 Å². The fraction of sp³-hybridized carbons (Fsp3) is 0.333. The van der Waals surface area contributed by atoms with E-state index in [-0.39, 0.29) is 17.6 Å². The molecule has 2 rings (SSSR count). The van der Waals surface area contributed by atoms with Gasteiger partial charge >= 0.3 is 0 Å². The number of carbonyl (C=O) groups is 2. The predicted octanol–water partition coefficient (Wildman–Crippen LogP) is 1.05. The minimum Gasteiger partial charge on any atom is -0.494 e. The molecule has 1 atom stereocenters. The molecule has 5 nitrogen and oxygen atoms in total. The lowest BCUT2D eigenvalue weighted by Gasteiger charge is -2.11. The summed E-state index contributed by atoms with van der Waals surface area (Å²) < 4.78 is 18.2. The third kappa shape index (κ3) is 2.58. The molecular formula is C12H13FN2O3. The number of carbonyl (C=O) groups excluding carboxylic acids is 2. The van der Waals surface area contributed by atoms with E-state index in [9.17, 15) is 14.0 Å². The molecule has 2 amide bonds. The Labute approximate surface area is 103 Å². The van der Waals surface area contributed by atoms with Crippen LogP contribution in [0.1, 0.15) is 12.8 Å². The van der Waals surface area contributed by atoms with Crippen molar-refractivity contribution in [3.8, 4) is 5.75 Å². The molecule has 0 spiro atoms. The van der Waals surface area contributed by atoms with E-state index >= 15 is 0 Å². The summed E-state index contributed by atoms with van der Waals surface area (Å²) in [6.45, 7) is 0. The van der Waals surface area contributed by atoms with Crippen LogP contribution in [-0.2, 0) is 9.59 Å². The second kappa shape index (κ2) is 5.03. The standard InChI is InChI=1S/C12H13FN2O3/c1-18-10-4-2-7(6-8(10)13)14-12(17)9-3-5-11(16)15-9/h2,4,6,9H,3,5H2,1H3,(H,14,17)(H,15,16). The van der Waals surface area contributed by atoms with Crippen molar-refractivity contribution in [1.82, 2.24) is 5.32 Å². The minimum absolute atomic E-state index is 0.113. The van der Waals surface area contributed by atoms with Crippen molar-refractivity contribution in [3.05, 3.63) is 24.0 Å². The maximum atomic E-state index is 13.4. The first-order chi connectivity index (χ1) is 8.60. The Bertz CT molecular complexity index is 490. The van der Waals surface area contributed by atoms with Crippen LogP contribution in [-0.4, -0.2) is 25.0 Å². The number of nitrogens with one attached hydrogen (secondary N) is 2. The van der Waals surface area contributed by atoms with Gasteiger partial charge in [0, 0.05) is 18.2 Å². The van der Waals surface area contributed by atoms with Crippen LogP contribution in [0.4, 0.5) is 10.1 Å². The SMILES string of the molecule is COc1ccc(NC(=O)C2CCC(=O)N2)cc1F. The summed E-state index contributed by atoms with van der Waals surface area (Å²) in [5, 5.41) is 5.09. The number of hydrogen-bond donors (Lipinski definition) is 2. The number of hydrogen-bond acceptors (Lipinski definition) is 3. The molecule has 18 heavy (non-hydrogen) atoms. The number of anilines is 1. The van der Waals surface area contributed by atoms with Gasteiger partial charge in [-0.25, -0.2) is 4.39 Å². The molecular weight excluding hydrogens is 239 g/mol. The first-order valence-corrected chi connectivity index (χ1v) is 5.54. The van der Waals surface area contributed by atoms with Gasteiger partial charge in [-0.3, -0.25) is 9.59 Å². The summed E-state index contributed by atoms with van der Waals surface area (Å²) in [6.07, 6.45) is 0.804. The Hall–Kier alpha value is -2.11. The van der Waals surface area contributed by atoms with Gasteiger partial charge in [0.2, 0.25) is 11.8 Å². The van der Waals surface area contributed by atoms with Crippen molar-refractivity contribution < 1.29 is 18.7 Å². The number of halogens is 1. The highest BCUT2D eigenvalue weighted by Crippen LogP contribution is 2.21. The Morgan fingerprint density at radius 2 is 2.33 bits per heavy atom. The zero-order valence-electron chi connectivity index (χ0n) is 9.83. The van der Waals surface area contributed by atoms with E-state index in [1.807, 2.05) is 0 Å². The topological polar surface area (TPSA) is 67.4 Å². The second-order valence-corrected chi connectivity index (χ2v) is 4.00. The number of methoxy groups -OCH3 is 1. The molecule has 0 saturated carbocycles. The molecule has 1 heterocycles. The molecule has 1 aromatic carbocycles. The van der Waals surface area contributed by atoms with E-state index < -0.39 is 11.9 Å². The van der Waals surface area contributed by atoms with Gasteiger partial charge in [0.05, 0.1) is 7.11 Å². The highest BCUT2D eigenvalue weighted by atomic mass is 19.1. The van der Waals surface area contributed by atoms with Gasteiger partial charge in [-0.2, -0.15) is 0 Å². The molecule has 0 aliphatic carbocycles. The molecule has 1 aliphatic heterocycles. The monoisotopic (exact) mass is 252 g/mol. The van der Waals surface area contributed by atoms with Crippen molar-refractivity contribution in [2.75, 3.05) is 12.4 Å². The van der Waals surface area contributed by atoms with Crippen molar-refractivity contribution in [2.45, 2.75) is 18.9 Å². The van der Waals surface area contributed by atoms with Crippen LogP contribution in [0.15, 0.2) is 18.2 Å². The molecule has 0 aromatic heterocycles. The normalized spacial score (nSPS) is 18.3. The fourth-order valence-corrected chi connectivity index (χ4v) is 1.78. The third-order valence-corrected chi connectivity index (χ3v) is 2.73. The van der Waals surface area contributed by atoms with E-state index in [0.29, 0.717) is 18.5 Å². The van der Waals surface area contributed by atoms with E-state index in [1.54, 1.807) is 0 Å². The van der Waals surface area contributed by atoms with Crippen molar-refractivity contribution in [3.63, 3.8) is 0 Å². The quantitative estimate of drug-likeness (QED) is 0.845. The highest BCUT2D eigenvalue weighted by molar-refractivity contribution is 5.98. The number of rotatable bonds is 3. The average Bonchev–Trinajstić information content (AvgIpc) is 2.76. The van der Waals surface area contributed by atoms with Crippen molar-refractivity contribution >= 4 is 17.5 Å². The van der Waals surface area contributed by atoms with Crippen LogP contribution in [0.2, 0.25) is 0 Å². The number of amides is 2. The summed E-state index contributed by atoms with van der Waals surface area (Å²) >= 11 is 0. The average molecular weight is 252 g/mol. The van der Waals surface area contributed by atoms with Crippen molar-refractivity contribution in [1.29, 1.82) is 0 Å². The zero-order valence-corrected chi connectivity index (χ0v) is 9.83. The van der Waals surface area contributed by atoms with Crippen LogP contribution in [0.25, 0.3) is 0 Å². The molecule has 1 saturated heterocycles. The lowest BCUT2D eigenvalue weighted by molar-refractivity contribution is -0.122. The molecule has 6 heteroatoms. The van der Waals surface area contributed by atoms with Gasteiger partial charge in [0.15, 0.2) is 11.6 Å². The molecule has 1 unspecified atom stereocenters. The Kier molecular flexibility index (Phi) is 3.45. The van der Waals surface area contributed by atoms with Crippen LogP contribution in [0.5, 0.6) is 5.75 Å². The summed E-state index contributed by atoms with van der Waals surface area (Å²) in [5.74, 6) is -0.922. The summed E-state index contributed by atoms with van der Waals surface area (Å²) in [5.41, 5.74) is 0.333. The van der Waals surface area contributed by atoms with Gasteiger partial charge in [0.25, 0.3) is 0 Å². The van der Waals surface area contributed by atoms with E-state index in [4.69, 9.17) is 4.74 Å². The number of benzene rings is 1. The molecule has 0 radical (unpaired) electrons. The largest absolute Gasteiger partial charge is 0.494 e. The van der Waals surface area contributed by atoms with Crippen LogP contribution in [0, 0.1) is 5.82 Å². The van der Waals surface area contributed by atoms with E-state index in [1.165, 1.54) is 25.3 Å². The second-order valence-electron chi connectivity index (χ2n) is 4.00. The van der Waals surface area contributed by atoms with Crippen LogP contribution < -0.4 is 15.4 Å². The van der Waals surface area contributed by atoms with Gasteiger partial charge in [-0.15, -0.1) is 0 Å². The van der Waals surface area contributed by atoms with Crippen LogP contribution >= 0.6 is 0 Å². The molecule has 1 fully saturated rings. The zero-order chi connectivity index (χ0) is 13.1. The molecule has 1 aromatic rings. The molecule has 1 aliphatic rings. The first kappa shape index (κ1) is 12.3. The van der Waals surface area contributed by atoms with Crippen molar-refractivity contribution in [2.24, 2.45) is 0 Å². The van der Waals surface area contributed by atoms with Gasteiger partial charge in [-0.05, 0) is 18.6 Å². The van der Waals surface area contributed by atoms with Gasteiger partial charge < -0.3 is 15.4 Å². The van der Waals surface area contributed by atoms with E-state index in [0.717, 1.165) is 0 Å². The first-order valence-electron chi connectivity index (χ1n) is 5.54. The van der Waals surface area contributed by atoms with Gasteiger partial charge in [-0.1, -0.05) is 0 Å². The minimum atomic E-state index is -0.550. The number of ether oxygens (including phenoxy) is 1. The van der Waals surface area contributed by atoms with Crippen LogP contribution in [0.3, 0.4) is 0 Å². The summed E-state index contributed by atoms with van der Waals surface area (Å²) in [4.78, 5) is 22.7.